The van der Waals surface area contributed by atoms with Gasteiger partial charge in [0, 0.05) is 16.2 Å². The van der Waals surface area contributed by atoms with Crippen molar-refractivity contribution in [3.05, 3.63) is 59.9 Å². The molecular formula is C17H19FO2S. The second-order valence-electron chi connectivity index (χ2n) is 4.67. The Hall–Kier alpha value is -1.52. The average Bonchev–Trinajstić information content (AvgIpc) is 2.52. The van der Waals surface area contributed by atoms with Crippen LogP contribution in [0.1, 0.15) is 25.0 Å². The van der Waals surface area contributed by atoms with Gasteiger partial charge in [-0.25, -0.2) is 4.39 Å². The zero-order chi connectivity index (χ0) is 15.1. The van der Waals surface area contributed by atoms with Gasteiger partial charge in [0.15, 0.2) is 0 Å². The zero-order valence-corrected chi connectivity index (χ0v) is 12.8. The maximum absolute atomic E-state index is 12.8. The summed E-state index contributed by atoms with van der Waals surface area (Å²) in [5.41, 5.74) is 0.792. The maximum atomic E-state index is 12.8. The standard InChI is InChI=1S/C17H19FO2S/c1-2-11-20-17-6-4-3-5-15(17)16(19)12-21-14-9-7-13(18)8-10-14/h3-10,16,19H,2,11-12H2,1H3. The lowest BCUT2D eigenvalue weighted by atomic mass is 10.1. The predicted molar refractivity (Wildman–Crippen MR) is 84.3 cm³/mol. The molecule has 0 saturated heterocycles. The third-order valence-corrected chi connectivity index (χ3v) is 4.05. The summed E-state index contributed by atoms with van der Waals surface area (Å²) in [6.45, 7) is 2.68. The van der Waals surface area contributed by atoms with Crippen LogP contribution < -0.4 is 4.74 Å². The summed E-state index contributed by atoms with van der Waals surface area (Å²) in [7, 11) is 0. The highest BCUT2D eigenvalue weighted by Gasteiger charge is 2.13. The molecule has 0 aromatic heterocycles. The second-order valence-corrected chi connectivity index (χ2v) is 5.76. The zero-order valence-electron chi connectivity index (χ0n) is 12.0. The Balaban J connectivity index is 1.99. The summed E-state index contributed by atoms with van der Waals surface area (Å²) in [6, 6.07) is 13.8. The summed E-state index contributed by atoms with van der Waals surface area (Å²) in [4.78, 5) is 0.933. The number of thioether (sulfide) groups is 1. The van der Waals surface area contributed by atoms with E-state index in [4.69, 9.17) is 4.74 Å². The van der Waals surface area contributed by atoms with Crippen LogP contribution in [0.3, 0.4) is 0 Å². The van der Waals surface area contributed by atoms with Crippen molar-refractivity contribution in [2.75, 3.05) is 12.4 Å². The molecule has 21 heavy (non-hydrogen) atoms. The fourth-order valence-corrected chi connectivity index (χ4v) is 2.75. The Bertz CT molecular complexity index is 557. The van der Waals surface area contributed by atoms with Gasteiger partial charge in [-0.15, -0.1) is 11.8 Å². The van der Waals surface area contributed by atoms with E-state index < -0.39 is 6.10 Å². The topological polar surface area (TPSA) is 29.5 Å². The Morgan fingerprint density at radius 3 is 2.57 bits per heavy atom. The van der Waals surface area contributed by atoms with Crippen LogP contribution in [0, 0.1) is 5.82 Å². The van der Waals surface area contributed by atoms with Crippen LogP contribution in [0.25, 0.3) is 0 Å². The minimum atomic E-state index is -0.617. The molecule has 1 unspecified atom stereocenters. The number of benzene rings is 2. The molecule has 0 aliphatic heterocycles. The molecular weight excluding hydrogens is 287 g/mol. The van der Waals surface area contributed by atoms with Crippen molar-refractivity contribution in [3.63, 3.8) is 0 Å². The smallest absolute Gasteiger partial charge is 0.125 e. The minimum Gasteiger partial charge on any atom is -0.493 e. The molecule has 0 aliphatic rings. The van der Waals surface area contributed by atoms with Gasteiger partial charge in [-0.2, -0.15) is 0 Å². The lowest BCUT2D eigenvalue weighted by molar-refractivity contribution is 0.195. The van der Waals surface area contributed by atoms with E-state index in [1.165, 1.54) is 23.9 Å². The number of ether oxygens (including phenoxy) is 1. The van der Waals surface area contributed by atoms with E-state index in [1.807, 2.05) is 31.2 Å². The van der Waals surface area contributed by atoms with Gasteiger partial charge < -0.3 is 9.84 Å². The van der Waals surface area contributed by atoms with Gasteiger partial charge in [0.1, 0.15) is 11.6 Å². The maximum Gasteiger partial charge on any atom is 0.125 e. The summed E-state index contributed by atoms with van der Waals surface area (Å²) in [5, 5.41) is 10.3. The number of hydrogen-bond acceptors (Lipinski definition) is 3. The molecule has 1 atom stereocenters. The average molecular weight is 306 g/mol. The van der Waals surface area contributed by atoms with E-state index in [9.17, 15) is 9.50 Å². The number of para-hydroxylation sites is 1. The summed E-state index contributed by atoms with van der Waals surface area (Å²) >= 11 is 1.49. The van der Waals surface area contributed by atoms with Gasteiger partial charge in [-0.1, -0.05) is 25.1 Å². The molecule has 0 heterocycles. The monoisotopic (exact) mass is 306 g/mol. The molecule has 112 valence electrons. The normalized spacial score (nSPS) is 12.1. The third kappa shape index (κ3) is 4.76. The number of hydrogen-bond donors (Lipinski definition) is 1. The Morgan fingerprint density at radius 1 is 1.14 bits per heavy atom. The number of rotatable bonds is 7. The van der Waals surface area contributed by atoms with Crippen molar-refractivity contribution in [2.45, 2.75) is 24.3 Å². The number of aliphatic hydroxyl groups excluding tert-OH is 1. The van der Waals surface area contributed by atoms with Crippen molar-refractivity contribution >= 4 is 11.8 Å². The van der Waals surface area contributed by atoms with Gasteiger partial charge in [-0.05, 0) is 36.8 Å². The summed E-state index contributed by atoms with van der Waals surface area (Å²) in [6.07, 6.45) is 0.308. The van der Waals surface area contributed by atoms with E-state index in [0.717, 1.165) is 22.6 Å². The first-order chi connectivity index (χ1) is 10.2. The predicted octanol–water partition coefficient (Wildman–Crippen LogP) is 4.44. The molecule has 2 aromatic rings. The highest BCUT2D eigenvalue weighted by Crippen LogP contribution is 2.30. The van der Waals surface area contributed by atoms with Crippen molar-refractivity contribution in [2.24, 2.45) is 0 Å². The molecule has 2 aromatic carbocycles. The van der Waals surface area contributed by atoms with Gasteiger partial charge in [-0.3, -0.25) is 0 Å². The molecule has 2 nitrogen and oxygen atoms in total. The highest BCUT2D eigenvalue weighted by molar-refractivity contribution is 7.99. The quantitative estimate of drug-likeness (QED) is 0.767. The van der Waals surface area contributed by atoms with Crippen LogP contribution >= 0.6 is 11.8 Å². The molecule has 0 saturated carbocycles. The Labute approximate surface area is 129 Å². The van der Waals surface area contributed by atoms with Gasteiger partial charge >= 0.3 is 0 Å². The molecule has 0 aliphatic carbocycles. The van der Waals surface area contributed by atoms with E-state index in [-0.39, 0.29) is 5.82 Å². The van der Waals surface area contributed by atoms with E-state index in [0.29, 0.717) is 12.4 Å². The van der Waals surface area contributed by atoms with Crippen LogP contribution in [0.15, 0.2) is 53.4 Å². The van der Waals surface area contributed by atoms with Crippen molar-refractivity contribution < 1.29 is 14.2 Å². The van der Waals surface area contributed by atoms with Gasteiger partial charge in [0.2, 0.25) is 0 Å². The van der Waals surface area contributed by atoms with Gasteiger partial charge in [0.25, 0.3) is 0 Å². The fourth-order valence-electron chi connectivity index (χ4n) is 1.90. The lowest BCUT2D eigenvalue weighted by Gasteiger charge is -2.15. The molecule has 0 radical (unpaired) electrons. The molecule has 0 bridgehead atoms. The molecule has 1 N–H and O–H groups in total. The van der Waals surface area contributed by atoms with Crippen molar-refractivity contribution in [1.29, 1.82) is 0 Å². The fraction of sp³-hybridized carbons (Fsp3) is 0.294. The molecule has 0 spiro atoms. The highest BCUT2D eigenvalue weighted by atomic mass is 32.2. The van der Waals surface area contributed by atoms with Crippen LogP contribution in [0.4, 0.5) is 4.39 Å². The minimum absolute atomic E-state index is 0.252. The molecule has 2 rings (SSSR count). The third-order valence-electron chi connectivity index (χ3n) is 2.96. The summed E-state index contributed by atoms with van der Waals surface area (Å²) in [5.74, 6) is 0.975. The van der Waals surface area contributed by atoms with E-state index >= 15 is 0 Å². The van der Waals surface area contributed by atoms with Crippen LogP contribution in [0.2, 0.25) is 0 Å². The van der Waals surface area contributed by atoms with Crippen LogP contribution in [-0.2, 0) is 0 Å². The van der Waals surface area contributed by atoms with E-state index in [1.54, 1.807) is 12.1 Å². The first-order valence-electron chi connectivity index (χ1n) is 6.99. The van der Waals surface area contributed by atoms with Crippen LogP contribution in [-0.4, -0.2) is 17.5 Å². The second kappa shape index (κ2) is 8.05. The lowest BCUT2D eigenvalue weighted by Crippen LogP contribution is -2.05. The molecule has 0 fully saturated rings. The molecule has 0 amide bonds. The first kappa shape index (κ1) is 15.9. The summed E-state index contributed by atoms with van der Waals surface area (Å²) < 4.78 is 18.5. The largest absolute Gasteiger partial charge is 0.493 e. The van der Waals surface area contributed by atoms with Crippen molar-refractivity contribution in [1.82, 2.24) is 0 Å². The van der Waals surface area contributed by atoms with Crippen molar-refractivity contribution in [3.8, 4) is 5.75 Å². The Morgan fingerprint density at radius 2 is 1.86 bits per heavy atom. The first-order valence-corrected chi connectivity index (χ1v) is 7.97. The number of aliphatic hydroxyl groups is 1. The Kier molecular flexibility index (Phi) is 6.08. The number of halogens is 1. The van der Waals surface area contributed by atoms with E-state index in [2.05, 4.69) is 0 Å². The SMILES string of the molecule is CCCOc1ccccc1C(O)CSc1ccc(F)cc1. The van der Waals surface area contributed by atoms with Crippen LogP contribution in [0.5, 0.6) is 5.75 Å². The van der Waals surface area contributed by atoms with Gasteiger partial charge in [0.05, 0.1) is 12.7 Å². The molecule has 4 heteroatoms.